The van der Waals surface area contributed by atoms with Crippen molar-refractivity contribution in [3.63, 3.8) is 0 Å². The smallest absolute Gasteiger partial charge is 0.243 e. The number of pyridine rings is 2. The summed E-state index contributed by atoms with van der Waals surface area (Å²) in [5.74, 6) is -0.395. The van der Waals surface area contributed by atoms with E-state index in [4.69, 9.17) is 12.6 Å². The van der Waals surface area contributed by atoms with Crippen LogP contribution in [-0.2, 0) is 22.7 Å². The molecule has 2 unspecified atom stereocenters. The lowest BCUT2D eigenvalue weighted by molar-refractivity contribution is -0.137. The van der Waals surface area contributed by atoms with Crippen LogP contribution >= 0.6 is 12.6 Å². The molecule has 0 spiro atoms. The van der Waals surface area contributed by atoms with Gasteiger partial charge in [0, 0.05) is 58.1 Å². The van der Waals surface area contributed by atoms with Crippen LogP contribution in [0.5, 0.6) is 0 Å². The number of benzene rings is 1. The molecule has 9 heteroatoms. The van der Waals surface area contributed by atoms with Gasteiger partial charge in [0.25, 0.3) is 0 Å². The Morgan fingerprint density at radius 2 is 1.63 bits per heavy atom. The van der Waals surface area contributed by atoms with Gasteiger partial charge in [0.1, 0.15) is 0 Å². The number of carbonyl (C=O) groups is 2. The van der Waals surface area contributed by atoms with Crippen LogP contribution in [-0.4, -0.2) is 68.7 Å². The number of hydrogen-bond acceptors (Lipinski definition) is 8. The third kappa shape index (κ3) is 4.99. The van der Waals surface area contributed by atoms with E-state index in [-0.39, 0.29) is 29.3 Å². The van der Waals surface area contributed by atoms with Crippen molar-refractivity contribution in [2.75, 3.05) is 26.2 Å². The number of aromatic nitrogens is 2. The van der Waals surface area contributed by atoms with Crippen molar-refractivity contribution < 1.29 is 9.59 Å². The summed E-state index contributed by atoms with van der Waals surface area (Å²) in [5, 5.41) is 2.35. The predicted molar refractivity (Wildman–Crippen MR) is 147 cm³/mol. The zero-order valence-electron chi connectivity index (χ0n) is 21.2. The zero-order valence-corrected chi connectivity index (χ0v) is 22.1. The van der Waals surface area contributed by atoms with Crippen LogP contribution in [0.3, 0.4) is 0 Å². The number of amides is 2. The van der Waals surface area contributed by atoms with Crippen molar-refractivity contribution in [2.24, 2.45) is 0 Å². The van der Waals surface area contributed by atoms with Crippen molar-refractivity contribution in [1.82, 2.24) is 30.0 Å². The standard InChI is InChI=1S/C29H32N6O2S/c36-26-11-10-25(28(37)32-26)35-19-22-20(6-5-7-21(22)29(35)38)18-33-14-16-34(17-15-33)27(23-8-1-3-12-30-23)24-9-2-4-13-31-24/h1-9,12-13,25,27,29,38H,10-11,14-19H2,(H,32,36,37). The first-order valence-electron chi connectivity index (χ1n) is 13.2. The first kappa shape index (κ1) is 25.2. The summed E-state index contributed by atoms with van der Waals surface area (Å²) in [7, 11) is 0. The lowest BCUT2D eigenvalue weighted by Crippen LogP contribution is -2.51. The van der Waals surface area contributed by atoms with Gasteiger partial charge in [-0.2, -0.15) is 12.6 Å². The molecule has 3 aromatic rings. The lowest BCUT2D eigenvalue weighted by Gasteiger charge is -2.39. The maximum Gasteiger partial charge on any atom is 0.243 e. The number of piperazine rings is 1. The first-order valence-corrected chi connectivity index (χ1v) is 13.8. The number of nitrogens with zero attached hydrogens (tertiary/aromatic N) is 5. The van der Waals surface area contributed by atoms with E-state index in [2.05, 4.69) is 60.3 Å². The number of thiol groups is 1. The van der Waals surface area contributed by atoms with Gasteiger partial charge in [-0.1, -0.05) is 30.3 Å². The molecule has 0 saturated carbocycles. The van der Waals surface area contributed by atoms with Crippen LogP contribution in [0.15, 0.2) is 67.0 Å². The maximum absolute atomic E-state index is 12.6. The molecule has 0 bridgehead atoms. The van der Waals surface area contributed by atoms with Gasteiger partial charge in [0.2, 0.25) is 11.8 Å². The van der Waals surface area contributed by atoms with E-state index in [9.17, 15) is 9.59 Å². The highest BCUT2D eigenvalue weighted by Crippen LogP contribution is 2.41. The number of carbonyl (C=O) groups excluding carboxylic acids is 2. The van der Waals surface area contributed by atoms with Gasteiger partial charge in [0.05, 0.1) is 28.8 Å². The molecule has 3 aliphatic rings. The molecule has 1 N–H and O–H groups in total. The topological polar surface area (TPSA) is 81.7 Å². The van der Waals surface area contributed by atoms with E-state index in [1.165, 1.54) is 16.7 Å². The minimum atomic E-state index is -0.325. The highest BCUT2D eigenvalue weighted by atomic mass is 32.1. The summed E-state index contributed by atoms with van der Waals surface area (Å²) >= 11 is 4.89. The van der Waals surface area contributed by atoms with Crippen LogP contribution in [0, 0.1) is 0 Å². The fourth-order valence-electron chi connectivity index (χ4n) is 5.99. The number of hydrogen-bond donors (Lipinski definition) is 2. The molecule has 1 aromatic carbocycles. The number of imide groups is 1. The molecule has 196 valence electrons. The summed E-state index contributed by atoms with van der Waals surface area (Å²) in [6, 6.07) is 18.3. The Morgan fingerprint density at radius 1 is 0.921 bits per heavy atom. The Bertz CT molecular complexity index is 1260. The summed E-state index contributed by atoms with van der Waals surface area (Å²) in [5.41, 5.74) is 5.76. The van der Waals surface area contributed by atoms with E-state index in [0.717, 1.165) is 44.1 Å². The lowest BCUT2D eigenvalue weighted by atomic mass is 10.0. The highest BCUT2D eigenvalue weighted by Gasteiger charge is 2.40. The number of rotatable bonds is 6. The fraction of sp³-hybridized carbons (Fsp3) is 0.379. The minimum Gasteiger partial charge on any atom is -0.297 e. The Balaban J connectivity index is 1.14. The van der Waals surface area contributed by atoms with Gasteiger partial charge in [0.15, 0.2) is 0 Å². The number of nitrogens with one attached hydrogen (secondary N) is 1. The van der Waals surface area contributed by atoms with Crippen LogP contribution in [0.4, 0.5) is 0 Å². The van der Waals surface area contributed by atoms with Gasteiger partial charge in [-0.25, -0.2) is 0 Å². The molecule has 2 atom stereocenters. The second kappa shape index (κ2) is 10.9. The van der Waals surface area contributed by atoms with E-state index in [1.807, 2.05) is 36.7 Å². The second-order valence-electron chi connectivity index (χ2n) is 10.2. The molecule has 2 amide bonds. The number of piperidine rings is 1. The van der Waals surface area contributed by atoms with Crippen LogP contribution in [0.25, 0.3) is 0 Å². The molecule has 0 radical (unpaired) electrons. The third-order valence-electron chi connectivity index (χ3n) is 7.95. The van der Waals surface area contributed by atoms with E-state index >= 15 is 0 Å². The number of fused-ring (bicyclic) bond motifs is 1. The molecule has 3 aliphatic heterocycles. The Hall–Kier alpha value is -3.11. The molecule has 5 heterocycles. The SMILES string of the molecule is O=C1CCC(N2Cc3c(CN4CCN(C(c5ccccn5)c5ccccn5)CC4)cccc3C2S)C(=O)N1. The van der Waals surface area contributed by atoms with Crippen molar-refractivity contribution in [2.45, 2.75) is 43.4 Å². The predicted octanol–water partition coefficient (Wildman–Crippen LogP) is 2.93. The summed E-state index contributed by atoms with van der Waals surface area (Å²) in [6.45, 7) is 5.27. The average Bonchev–Trinajstić information content (AvgIpc) is 3.28. The monoisotopic (exact) mass is 528 g/mol. The molecule has 2 fully saturated rings. The Labute approximate surface area is 228 Å². The van der Waals surface area contributed by atoms with Gasteiger partial charge >= 0.3 is 0 Å². The molecule has 0 aliphatic carbocycles. The third-order valence-corrected chi connectivity index (χ3v) is 8.53. The van der Waals surface area contributed by atoms with Crippen LogP contribution in [0.1, 0.15) is 52.3 Å². The van der Waals surface area contributed by atoms with Crippen molar-refractivity contribution in [1.29, 1.82) is 0 Å². The largest absolute Gasteiger partial charge is 0.297 e. The quantitative estimate of drug-likeness (QED) is 0.376. The fourth-order valence-corrected chi connectivity index (χ4v) is 6.47. The van der Waals surface area contributed by atoms with Gasteiger partial charge in [-0.3, -0.25) is 39.6 Å². The summed E-state index contributed by atoms with van der Waals surface area (Å²) in [4.78, 5) is 40.6. The van der Waals surface area contributed by atoms with Gasteiger partial charge in [-0.15, -0.1) is 0 Å². The normalized spacial score (nSPS) is 23.0. The molecule has 2 aromatic heterocycles. The summed E-state index contributed by atoms with van der Waals surface area (Å²) in [6.07, 6.45) is 4.62. The van der Waals surface area contributed by atoms with E-state index in [0.29, 0.717) is 19.4 Å². The molecule has 8 nitrogen and oxygen atoms in total. The molecule has 2 saturated heterocycles. The second-order valence-corrected chi connectivity index (χ2v) is 10.7. The van der Waals surface area contributed by atoms with Crippen molar-refractivity contribution in [3.05, 3.63) is 95.1 Å². The van der Waals surface area contributed by atoms with E-state index in [1.54, 1.807) is 0 Å². The first-order chi connectivity index (χ1) is 18.6. The highest BCUT2D eigenvalue weighted by molar-refractivity contribution is 7.80. The Kier molecular flexibility index (Phi) is 7.25. The van der Waals surface area contributed by atoms with Gasteiger partial charge < -0.3 is 0 Å². The molecule has 38 heavy (non-hydrogen) atoms. The molecule has 6 rings (SSSR count). The van der Waals surface area contributed by atoms with Crippen LogP contribution in [0.2, 0.25) is 0 Å². The molecular formula is C29H32N6O2S. The van der Waals surface area contributed by atoms with Gasteiger partial charge in [-0.05, 0) is 47.4 Å². The molecular weight excluding hydrogens is 496 g/mol. The zero-order chi connectivity index (χ0) is 26.1. The average molecular weight is 529 g/mol. The minimum absolute atomic E-state index is 0.0348. The van der Waals surface area contributed by atoms with Crippen molar-refractivity contribution >= 4 is 24.4 Å². The maximum atomic E-state index is 12.6. The van der Waals surface area contributed by atoms with E-state index < -0.39 is 0 Å². The van der Waals surface area contributed by atoms with Crippen molar-refractivity contribution in [3.8, 4) is 0 Å². The summed E-state index contributed by atoms with van der Waals surface area (Å²) < 4.78 is 0. The Morgan fingerprint density at radius 3 is 2.26 bits per heavy atom. The van der Waals surface area contributed by atoms with Crippen LogP contribution < -0.4 is 5.32 Å².